The molecule has 0 aliphatic carbocycles. The second kappa shape index (κ2) is 12.9. The van der Waals surface area contributed by atoms with Gasteiger partial charge in [-0.3, -0.25) is 4.79 Å². The number of carbonyl (C=O) groups is 1. The molecule has 7 heteroatoms. The lowest BCUT2D eigenvalue weighted by molar-refractivity contribution is -0.129. The molecule has 2 N–H and O–H groups in total. The molecule has 2 atom stereocenters. The van der Waals surface area contributed by atoms with E-state index in [0.717, 1.165) is 26.7 Å². The second-order valence-corrected chi connectivity index (χ2v) is 10.5. The minimum absolute atomic E-state index is 0.0789. The highest BCUT2D eigenvalue weighted by Gasteiger charge is 2.53. The maximum atomic E-state index is 14.3. The summed E-state index contributed by atoms with van der Waals surface area (Å²) in [5.74, 6) is 0.882. The first-order valence-electron chi connectivity index (χ1n) is 13.3. The summed E-state index contributed by atoms with van der Waals surface area (Å²) in [5.41, 5.74) is 2.32. The molecule has 204 valence electrons. The molecule has 0 spiro atoms. The fourth-order valence-corrected chi connectivity index (χ4v) is 5.20. The number of nitrogens with zero attached hydrogens (tertiary/aromatic N) is 1. The van der Waals surface area contributed by atoms with Gasteiger partial charge in [0.2, 0.25) is 5.90 Å². The molecule has 0 radical (unpaired) electrons. The van der Waals surface area contributed by atoms with E-state index in [1.165, 1.54) is 0 Å². The van der Waals surface area contributed by atoms with E-state index in [2.05, 4.69) is 21.2 Å². The van der Waals surface area contributed by atoms with Crippen molar-refractivity contribution < 1.29 is 19.4 Å². The molecule has 0 unspecified atom stereocenters. The first kappa shape index (κ1) is 27.6. The van der Waals surface area contributed by atoms with Crippen LogP contribution in [-0.2, 0) is 22.5 Å². The van der Waals surface area contributed by atoms with Crippen molar-refractivity contribution in [2.75, 3.05) is 13.2 Å². The van der Waals surface area contributed by atoms with Gasteiger partial charge >= 0.3 is 0 Å². The van der Waals surface area contributed by atoms with Crippen LogP contribution in [0.25, 0.3) is 0 Å². The number of ether oxygens (including phenoxy) is 2. The van der Waals surface area contributed by atoms with Crippen molar-refractivity contribution in [2.45, 2.75) is 31.0 Å². The van der Waals surface area contributed by atoms with Crippen LogP contribution in [0.3, 0.4) is 0 Å². The van der Waals surface area contributed by atoms with Gasteiger partial charge < -0.3 is 19.9 Å². The van der Waals surface area contributed by atoms with Crippen LogP contribution < -0.4 is 10.1 Å². The molecule has 0 saturated heterocycles. The van der Waals surface area contributed by atoms with Crippen LogP contribution in [0.1, 0.15) is 34.8 Å². The van der Waals surface area contributed by atoms with Crippen molar-refractivity contribution in [3.8, 4) is 5.75 Å². The summed E-state index contributed by atoms with van der Waals surface area (Å²) in [6.07, 6.45) is 0.249. The zero-order valence-electron chi connectivity index (χ0n) is 22.0. The minimum Gasteiger partial charge on any atom is -0.494 e. The number of aliphatic imine (C=N–C) groups is 1. The van der Waals surface area contributed by atoms with Crippen molar-refractivity contribution in [2.24, 2.45) is 4.99 Å². The Morgan fingerprint density at radius 2 is 1.60 bits per heavy atom. The summed E-state index contributed by atoms with van der Waals surface area (Å²) < 4.78 is 13.2. The SMILES string of the molecule is O=C(NCc1ccccc1)[C@]1(Cc2ccccc2Br)N=C(c2ccc(OCCCO)cc2)O[C@@H]1c1ccccc1. The van der Waals surface area contributed by atoms with Crippen molar-refractivity contribution in [3.63, 3.8) is 0 Å². The van der Waals surface area contributed by atoms with Crippen LogP contribution >= 0.6 is 15.9 Å². The Morgan fingerprint density at radius 1 is 0.925 bits per heavy atom. The Morgan fingerprint density at radius 3 is 2.30 bits per heavy atom. The maximum Gasteiger partial charge on any atom is 0.252 e. The third-order valence-electron chi connectivity index (χ3n) is 6.85. The van der Waals surface area contributed by atoms with Crippen molar-refractivity contribution >= 4 is 27.7 Å². The van der Waals surface area contributed by atoms with Gasteiger partial charge in [0.1, 0.15) is 5.75 Å². The first-order valence-corrected chi connectivity index (χ1v) is 14.1. The zero-order valence-corrected chi connectivity index (χ0v) is 23.6. The van der Waals surface area contributed by atoms with Crippen LogP contribution in [0.2, 0.25) is 0 Å². The minimum atomic E-state index is -1.26. The van der Waals surface area contributed by atoms with Crippen LogP contribution in [-0.4, -0.2) is 35.7 Å². The Labute approximate surface area is 242 Å². The van der Waals surface area contributed by atoms with Gasteiger partial charge in [-0.05, 0) is 47.0 Å². The molecule has 0 saturated carbocycles. The quantitative estimate of drug-likeness (QED) is 0.207. The number of aliphatic hydroxyl groups excluding tert-OH is 1. The molecule has 1 heterocycles. The van der Waals surface area contributed by atoms with Gasteiger partial charge in [0.15, 0.2) is 11.6 Å². The molecule has 1 aliphatic rings. The molecule has 4 aromatic rings. The molecule has 1 amide bonds. The average molecular weight is 600 g/mol. The summed E-state index contributed by atoms with van der Waals surface area (Å²) >= 11 is 3.67. The third kappa shape index (κ3) is 6.27. The van der Waals surface area contributed by atoms with E-state index in [9.17, 15) is 4.79 Å². The third-order valence-corrected chi connectivity index (χ3v) is 7.62. The van der Waals surface area contributed by atoms with Crippen LogP contribution in [0.15, 0.2) is 119 Å². The lowest BCUT2D eigenvalue weighted by Crippen LogP contribution is -2.49. The molecular weight excluding hydrogens is 568 g/mol. The monoisotopic (exact) mass is 598 g/mol. The summed E-state index contributed by atoms with van der Waals surface area (Å²) in [6, 6.07) is 35.0. The van der Waals surface area contributed by atoms with Crippen molar-refractivity contribution in [1.82, 2.24) is 5.32 Å². The number of rotatable bonds is 11. The van der Waals surface area contributed by atoms with Gasteiger partial charge in [0.25, 0.3) is 5.91 Å². The van der Waals surface area contributed by atoms with Crippen LogP contribution in [0.5, 0.6) is 5.75 Å². The van der Waals surface area contributed by atoms with E-state index in [0.29, 0.717) is 37.6 Å². The zero-order chi connectivity index (χ0) is 27.8. The number of aliphatic hydroxyl groups is 1. The van der Waals surface area contributed by atoms with E-state index >= 15 is 0 Å². The fraction of sp³-hybridized carbons (Fsp3) is 0.212. The predicted molar refractivity (Wildman–Crippen MR) is 159 cm³/mol. The van der Waals surface area contributed by atoms with E-state index in [-0.39, 0.29) is 12.5 Å². The molecule has 5 rings (SSSR count). The highest BCUT2D eigenvalue weighted by Crippen LogP contribution is 2.43. The number of carbonyl (C=O) groups excluding carboxylic acids is 1. The number of amides is 1. The number of hydrogen-bond acceptors (Lipinski definition) is 5. The number of benzene rings is 4. The Balaban J connectivity index is 1.54. The van der Waals surface area contributed by atoms with E-state index < -0.39 is 11.6 Å². The standard InChI is InChI=1S/C33H31BrN2O4/c34-29-15-8-7-14-27(29)22-33(32(38)35-23-24-10-3-1-4-11-24)30(25-12-5-2-6-13-25)40-31(36-33)26-16-18-28(19-17-26)39-21-9-20-37/h1-8,10-19,30,37H,9,20-23H2,(H,35,38)/t30-,33-/m1/s1. The van der Waals surface area contributed by atoms with Crippen LogP contribution in [0.4, 0.5) is 0 Å². The molecule has 0 bridgehead atoms. The first-order chi connectivity index (χ1) is 19.6. The van der Waals surface area contributed by atoms with E-state index in [1.807, 2.05) is 109 Å². The predicted octanol–water partition coefficient (Wildman–Crippen LogP) is 6.03. The highest BCUT2D eigenvalue weighted by molar-refractivity contribution is 9.10. The van der Waals surface area contributed by atoms with Gasteiger partial charge in [-0.25, -0.2) is 4.99 Å². The molecular formula is C33H31BrN2O4. The lowest BCUT2D eigenvalue weighted by atomic mass is 9.82. The summed E-state index contributed by atoms with van der Waals surface area (Å²) in [6.45, 7) is 0.888. The van der Waals surface area contributed by atoms with Gasteiger partial charge in [-0.15, -0.1) is 0 Å². The number of nitrogens with one attached hydrogen (secondary N) is 1. The highest BCUT2D eigenvalue weighted by atomic mass is 79.9. The summed E-state index contributed by atoms with van der Waals surface area (Å²) in [7, 11) is 0. The lowest BCUT2D eigenvalue weighted by Gasteiger charge is -2.31. The molecule has 4 aromatic carbocycles. The normalized spacial score (nSPS) is 18.1. The molecule has 6 nitrogen and oxygen atoms in total. The molecule has 1 aliphatic heterocycles. The van der Waals surface area contributed by atoms with Gasteiger partial charge in [0, 0.05) is 36.0 Å². The number of halogens is 1. The molecule has 0 aromatic heterocycles. The maximum absolute atomic E-state index is 14.3. The average Bonchev–Trinajstić information content (AvgIpc) is 3.39. The Kier molecular flexibility index (Phi) is 8.94. The summed E-state index contributed by atoms with van der Waals surface area (Å²) in [4.78, 5) is 19.4. The van der Waals surface area contributed by atoms with E-state index in [1.54, 1.807) is 0 Å². The van der Waals surface area contributed by atoms with Crippen molar-refractivity contribution in [3.05, 3.63) is 136 Å². The van der Waals surface area contributed by atoms with Gasteiger partial charge in [-0.2, -0.15) is 0 Å². The Bertz CT molecular complexity index is 1440. The summed E-state index contributed by atoms with van der Waals surface area (Å²) in [5, 5.41) is 12.2. The fourth-order valence-electron chi connectivity index (χ4n) is 4.77. The number of hydrogen-bond donors (Lipinski definition) is 2. The van der Waals surface area contributed by atoms with E-state index in [4.69, 9.17) is 19.6 Å². The largest absolute Gasteiger partial charge is 0.494 e. The van der Waals surface area contributed by atoms with Gasteiger partial charge in [0.05, 0.1) is 6.61 Å². The topological polar surface area (TPSA) is 80.2 Å². The smallest absolute Gasteiger partial charge is 0.252 e. The van der Waals surface area contributed by atoms with Crippen molar-refractivity contribution in [1.29, 1.82) is 0 Å². The molecule has 40 heavy (non-hydrogen) atoms. The Hall–Kier alpha value is -3.94. The molecule has 0 fully saturated rings. The van der Waals surface area contributed by atoms with Gasteiger partial charge in [-0.1, -0.05) is 94.8 Å². The van der Waals surface area contributed by atoms with Crippen LogP contribution in [0, 0.1) is 0 Å². The second-order valence-electron chi connectivity index (χ2n) is 9.64.